The summed E-state index contributed by atoms with van der Waals surface area (Å²) in [5.41, 5.74) is 1.74. The van der Waals surface area contributed by atoms with Crippen molar-refractivity contribution in [2.45, 2.75) is 58.7 Å². The predicted molar refractivity (Wildman–Crippen MR) is 95.1 cm³/mol. The summed E-state index contributed by atoms with van der Waals surface area (Å²) in [5.74, 6) is 0.222. The number of para-hydroxylation sites is 2. The first-order valence-corrected chi connectivity index (χ1v) is 8.86. The van der Waals surface area contributed by atoms with E-state index in [0.29, 0.717) is 0 Å². The monoisotopic (exact) mass is 343 g/mol. The van der Waals surface area contributed by atoms with Gasteiger partial charge in [0.25, 0.3) is 5.91 Å². The molecule has 0 N–H and O–H groups in total. The molecule has 1 aromatic heterocycles. The van der Waals surface area contributed by atoms with Crippen molar-refractivity contribution < 1.29 is 14.3 Å². The first kappa shape index (κ1) is 17.5. The highest BCUT2D eigenvalue weighted by molar-refractivity contribution is 5.82. The number of ether oxygens (including phenoxy) is 1. The van der Waals surface area contributed by atoms with Crippen LogP contribution in [0.5, 0.6) is 0 Å². The number of imidazole rings is 1. The van der Waals surface area contributed by atoms with E-state index >= 15 is 0 Å². The summed E-state index contributed by atoms with van der Waals surface area (Å²) in [7, 11) is 0. The molecule has 2 heterocycles. The SMILES string of the molecule is Cc1nc2ccccc2n1CC(=O)OCC(=O)N1C(C)CCCC1C. The van der Waals surface area contributed by atoms with E-state index in [1.165, 1.54) is 0 Å². The largest absolute Gasteiger partial charge is 0.454 e. The lowest BCUT2D eigenvalue weighted by Gasteiger charge is -2.38. The number of aromatic nitrogens is 2. The molecule has 25 heavy (non-hydrogen) atoms. The third-order valence-electron chi connectivity index (χ3n) is 4.97. The molecule has 0 radical (unpaired) electrons. The fourth-order valence-electron chi connectivity index (χ4n) is 3.70. The number of aryl methyl sites for hydroxylation is 1. The van der Waals surface area contributed by atoms with Crippen LogP contribution >= 0.6 is 0 Å². The summed E-state index contributed by atoms with van der Waals surface area (Å²) in [6.07, 6.45) is 3.15. The molecule has 6 nitrogen and oxygen atoms in total. The molecule has 0 spiro atoms. The number of amides is 1. The van der Waals surface area contributed by atoms with Crippen LogP contribution < -0.4 is 0 Å². The summed E-state index contributed by atoms with van der Waals surface area (Å²) in [6, 6.07) is 8.06. The van der Waals surface area contributed by atoms with E-state index in [4.69, 9.17) is 4.74 Å². The van der Waals surface area contributed by atoms with Gasteiger partial charge in [0, 0.05) is 12.1 Å². The molecular weight excluding hydrogens is 318 g/mol. The highest BCUT2D eigenvalue weighted by Gasteiger charge is 2.29. The van der Waals surface area contributed by atoms with Gasteiger partial charge in [-0.3, -0.25) is 9.59 Å². The Balaban J connectivity index is 1.61. The predicted octanol–water partition coefficient (Wildman–Crippen LogP) is 2.68. The molecular formula is C19H25N3O3. The molecule has 1 fully saturated rings. The fraction of sp³-hybridized carbons (Fsp3) is 0.526. The van der Waals surface area contributed by atoms with Gasteiger partial charge in [0.15, 0.2) is 6.61 Å². The van der Waals surface area contributed by atoms with Crippen LogP contribution in [0.25, 0.3) is 11.0 Å². The van der Waals surface area contributed by atoms with Crippen molar-refractivity contribution in [2.75, 3.05) is 6.61 Å². The molecule has 1 saturated heterocycles. The van der Waals surface area contributed by atoms with Crippen molar-refractivity contribution in [3.8, 4) is 0 Å². The quantitative estimate of drug-likeness (QED) is 0.801. The van der Waals surface area contributed by atoms with Crippen molar-refractivity contribution in [3.05, 3.63) is 30.1 Å². The summed E-state index contributed by atoms with van der Waals surface area (Å²) in [4.78, 5) is 30.9. The van der Waals surface area contributed by atoms with Gasteiger partial charge in [0.05, 0.1) is 11.0 Å². The van der Waals surface area contributed by atoms with Gasteiger partial charge < -0.3 is 14.2 Å². The first-order valence-electron chi connectivity index (χ1n) is 8.86. The lowest BCUT2D eigenvalue weighted by molar-refractivity contribution is -0.155. The molecule has 6 heteroatoms. The van der Waals surface area contributed by atoms with Gasteiger partial charge in [-0.1, -0.05) is 12.1 Å². The number of carbonyl (C=O) groups excluding carboxylic acids is 2. The summed E-state index contributed by atoms with van der Waals surface area (Å²) >= 11 is 0. The first-order chi connectivity index (χ1) is 12.0. The minimum absolute atomic E-state index is 0.0603. The zero-order valence-electron chi connectivity index (χ0n) is 15.1. The van der Waals surface area contributed by atoms with E-state index in [9.17, 15) is 9.59 Å². The summed E-state index contributed by atoms with van der Waals surface area (Å²) < 4.78 is 7.07. The van der Waals surface area contributed by atoms with Gasteiger partial charge in [-0.2, -0.15) is 0 Å². The minimum Gasteiger partial charge on any atom is -0.454 e. The van der Waals surface area contributed by atoms with Crippen LogP contribution in [0.2, 0.25) is 0 Å². The van der Waals surface area contributed by atoms with Crippen LogP contribution in [0.4, 0.5) is 0 Å². The number of fused-ring (bicyclic) bond motifs is 1. The summed E-state index contributed by atoms with van der Waals surface area (Å²) in [5, 5.41) is 0. The van der Waals surface area contributed by atoms with Crippen molar-refractivity contribution >= 4 is 22.9 Å². The number of likely N-dealkylation sites (tertiary alicyclic amines) is 1. The number of rotatable bonds is 4. The number of hydrogen-bond donors (Lipinski definition) is 0. The molecule has 1 aromatic carbocycles. The lowest BCUT2D eigenvalue weighted by Crippen LogP contribution is -2.49. The normalized spacial score (nSPS) is 20.7. The van der Waals surface area contributed by atoms with Crippen LogP contribution in [-0.4, -0.2) is 45.0 Å². The van der Waals surface area contributed by atoms with Crippen molar-refractivity contribution in [1.82, 2.24) is 14.5 Å². The molecule has 0 bridgehead atoms. The van der Waals surface area contributed by atoms with Crippen molar-refractivity contribution in [3.63, 3.8) is 0 Å². The second-order valence-corrected chi connectivity index (χ2v) is 6.82. The number of carbonyl (C=O) groups is 2. The summed E-state index contributed by atoms with van der Waals surface area (Å²) in [6.45, 7) is 5.83. The second-order valence-electron chi connectivity index (χ2n) is 6.82. The molecule has 2 aromatic rings. The van der Waals surface area contributed by atoms with Gasteiger partial charge in [0.1, 0.15) is 12.4 Å². The molecule has 1 aliphatic heterocycles. The average molecular weight is 343 g/mol. The Morgan fingerprint density at radius 3 is 2.60 bits per heavy atom. The smallest absolute Gasteiger partial charge is 0.326 e. The van der Waals surface area contributed by atoms with Crippen LogP contribution in [0.1, 0.15) is 38.9 Å². The van der Waals surface area contributed by atoms with E-state index in [-0.39, 0.29) is 31.1 Å². The van der Waals surface area contributed by atoms with E-state index < -0.39 is 5.97 Å². The molecule has 0 saturated carbocycles. The molecule has 1 aliphatic rings. The molecule has 134 valence electrons. The maximum atomic E-state index is 12.4. The van der Waals surface area contributed by atoms with E-state index in [1.807, 2.05) is 40.7 Å². The fourth-order valence-corrected chi connectivity index (χ4v) is 3.70. The van der Waals surface area contributed by atoms with E-state index in [0.717, 1.165) is 36.1 Å². The maximum Gasteiger partial charge on any atom is 0.326 e. The van der Waals surface area contributed by atoms with Gasteiger partial charge in [0.2, 0.25) is 0 Å². The molecule has 1 amide bonds. The average Bonchev–Trinajstić information content (AvgIpc) is 2.88. The minimum atomic E-state index is -0.420. The third-order valence-corrected chi connectivity index (χ3v) is 4.97. The number of hydrogen-bond acceptors (Lipinski definition) is 4. The maximum absolute atomic E-state index is 12.4. The number of esters is 1. The Labute approximate surface area is 147 Å². The number of benzene rings is 1. The standard InChI is InChI=1S/C19H25N3O3/c1-13-7-6-8-14(2)22(13)18(23)12-25-19(24)11-21-15(3)20-16-9-4-5-10-17(16)21/h4-5,9-10,13-14H,6-8,11-12H2,1-3H3. The van der Waals surface area contributed by atoms with Crippen molar-refractivity contribution in [2.24, 2.45) is 0 Å². The number of nitrogens with zero attached hydrogens (tertiary/aromatic N) is 3. The van der Waals surface area contributed by atoms with Gasteiger partial charge >= 0.3 is 5.97 Å². The highest BCUT2D eigenvalue weighted by Crippen LogP contribution is 2.22. The Bertz CT molecular complexity index is 773. The third kappa shape index (κ3) is 3.67. The van der Waals surface area contributed by atoms with Gasteiger partial charge in [-0.25, -0.2) is 4.98 Å². The van der Waals surface area contributed by atoms with Gasteiger partial charge in [-0.15, -0.1) is 0 Å². The molecule has 0 aliphatic carbocycles. The zero-order valence-corrected chi connectivity index (χ0v) is 15.1. The molecule has 3 rings (SSSR count). The Morgan fingerprint density at radius 2 is 1.88 bits per heavy atom. The van der Waals surface area contributed by atoms with E-state index in [2.05, 4.69) is 18.8 Å². The Kier molecular flexibility index (Phi) is 5.06. The lowest BCUT2D eigenvalue weighted by atomic mass is 9.97. The van der Waals surface area contributed by atoms with Crippen LogP contribution in [-0.2, 0) is 20.9 Å². The van der Waals surface area contributed by atoms with E-state index in [1.54, 1.807) is 0 Å². The Hall–Kier alpha value is -2.37. The zero-order chi connectivity index (χ0) is 18.0. The highest BCUT2D eigenvalue weighted by atomic mass is 16.5. The van der Waals surface area contributed by atoms with Crippen LogP contribution in [0, 0.1) is 6.92 Å². The van der Waals surface area contributed by atoms with Gasteiger partial charge in [-0.05, 0) is 52.2 Å². The molecule has 2 atom stereocenters. The second kappa shape index (κ2) is 7.25. The number of piperidine rings is 1. The Morgan fingerprint density at radius 1 is 1.20 bits per heavy atom. The van der Waals surface area contributed by atoms with Crippen LogP contribution in [0.15, 0.2) is 24.3 Å². The topological polar surface area (TPSA) is 64.4 Å². The molecule has 2 unspecified atom stereocenters. The van der Waals surface area contributed by atoms with Crippen LogP contribution in [0.3, 0.4) is 0 Å². The van der Waals surface area contributed by atoms with Crippen molar-refractivity contribution in [1.29, 1.82) is 0 Å².